The number of piperidine rings is 1. The minimum atomic E-state index is -0.450. The first-order valence-electron chi connectivity index (χ1n) is 13.2. The number of ether oxygens (including phenoxy) is 2. The summed E-state index contributed by atoms with van der Waals surface area (Å²) in [6.45, 7) is 10.5. The minimum absolute atomic E-state index is 0.222. The van der Waals surface area contributed by atoms with Gasteiger partial charge in [0.15, 0.2) is 5.69 Å². The summed E-state index contributed by atoms with van der Waals surface area (Å²) in [7, 11) is 1.75. The van der Waals surface area contributed by atoms with Crippen molar-refractivity contribution in [1.29, 1.82) is 5.41 Å². The van der Waals surface area contributed by atoms with Crippen LogP contribution in [0.25, 0.3) is 0 Å². The fourth-order valence-electron chi connectivity index (χ4n) is 4.68. The van der Waals surface area contributed by atoms with Crippen LogP contribution in [0.4, 0.5) is 17.2 Å². The number of nitrogens with zero attached hydrogens (tertiary/aromatic N) is 3. The molecular formula is C28H41N5O3. The third-order valence-corrected chi connectivity index (χ3v) is 6.78. The largest absolute Gasteiger partial charge is 0.461 e. The fraction of sp³-hybridized carbons (Fsp3) is 0.571. The number of rotatable bonds is 9. The van der Waals surface area contributed by atoms with E-state index in [0.717, 1.165) is 74.4 Å². The third kappa shape index (κ3) is 6.60. The van der Waals surface area contributed by atoms with Gasteiger partial charge in [0.05, 0.1) is 17.9 Å². The Morgan fingerprint density at radius 1 is 1.19 bits per heavy atom. The third-order valence-electron chi connectivity index (χ3n) is 6.78. The lowest BCUT2D eigenvalue weighted by molar-refractivity contribution is 0.0519. The van der Waals surface area contributed by atoms with Crippen molar-refractivity contribution in [2.45, 2.75) is 59.8 Å². The Bertz CT molecular complexity index is 1030. The first-order valence-corrected chi connectivity index (χ1v) is 13.2. The Morgan fingerprint density at radius 3 is 2.50 bits per heavy atom. The molecule has 196 valence electrons. The molecule has 2 aliphatic rings. The van der Waals surface area contributed by atoms with E-state index >= 15 is 0 Å². The van der Waals surface area contributed by atoms with E-state index in [1.54, 1.807) is 20.2 Å². The second kappa shape index (κ2) is 13.3. The number of esters is 1. The second-order valence-corrected chi connectivity index (χ2v) is 9.21. The molecule has 0 unspecified atom stereocenters. The van der Waals surface area contributed by atoms with Gasteiger partial charge < -0.3 is 25.1 Å². The van der Waals surface area contributed by atoms with Crippen molar-refractivity contribution >= 4 is 28.9 Å². The molecule has 2 fully saturated rings. The van der Waals surface area contributed by atoms with Crippen molar-refractivity contribution in [2.75, 3.05) is 43.6 Å². The molecule has 0 amide bonds. The molecule has 3 heterocycles. The molecule has 0 aromatic carbocycles. The molecule has 0 radical (unpaired) electrons. The molecule has 8 nitrogen and oxygen atoms in total. The SMILES string of the molecule is CC.CCOC(=O)c1cc(N2CCC(COC)CC2)c(C(=N)C2CCC2)c(Nc2ccnc(C)c2)n1. The van der Waals surface area contributed by atoms with E-state index in [9.17, 15) is 4.79 Å². The monoisotopic (exact) mass is 495 g/mol. The van der Waals surface area contributed by atoms with E-state index in [1.807, 2.05) is 39.0 Å². The maximum Gasteiger partial charge on any atom is 0.357 e. The van der Waals surface area contributed by atoms with Gasteiger partial charge in [0.2, 0.25) is 0 Å². The van der Waals surface area contributed by atoms with Gasteiger partial charge in [0, 0.05) is 56.0 Å². The molecule has 0 bridgehead atoms. The van der Waals surface area contributed by atoms with Crippen molar-refractivity contribution in [2.24, 2.45) is 11.8 Å². The summed E-state index contributed by atoms with van der Waals surface area (Å²) in [6, 6.07) is 5.63. The second-order valence-electron chi connectivity index (χ2n) is 9.21. The molecule has 1 saturated carbocycles. The van der Waals surface area contributed by atoms with E-state index in [2.05, 4.69) is 20.2 Å². The predicted molar refractivity (Wildman–Crippen MR) is 145 cm³/mol. The summed E-state index contributed by atoms with van der Waals surface area (Å²) >= 11 is 0. The first-order chi connectivity index (χ1) is 17.5. The van der Waals surface area contributed by atoms with Crippen LogP contribution in [0.15, 0.2) is 24.4 Å². The number of pyridine rings is 2. The van der Waals surface area contributed by atoms with Crippen LogP contribution in [0.1, 0.15) is 74.6 Å². The van der Waals surface area contributed by atoms with Gasteiger partial charge in [-0.2, -0.15) is 0 Å². The highest BCUT2D eigenvalue weighted by molar-refractivity contribution is 6.10. The zero-order chi connectivity index (χ0) is 26.1. The topological polar surface area (TPSA) is 100 Å². The van der Waals surface area contributed by atoms with Crippen LogP contribution in [-0.2, 0) is 9.47 Å². The van der Waals surface area contributed by atoms with Crippen LogP contribution < -0.4 is 10.2 Å². The molecule has 1 aliphatic heterocycles. The smallest absolute Gasteiger partial charge is 0.357 e. The van der Waals surface area contributed by atoms with E-state index in [1.165, 1.54) is 0 Å². The highest BCUT2D eigenvalue weighted by Gasteiger charge is 2.31. The average molecular weight is 496 g/mol. The quantitative estimate of drug-likeness (QED) is 0.337. The summed E-state index contributed by atoms with van der Waals surface area (Å²) in [5.41, 5.74) is 4.23. The van der Waals surface area contributed by atoms with E-state index in [-0.39, 0.29) is 18.2 Å². The van der Waals surface area contributed by atoms with Gasteiger partial charge in [-0.3, -0.25) is 4.98 Å². The van der Waals surface area contributed by atoms with Crippen LogP contribution in [0, 0.1) is 24.2 Å². The van der Waals surface area contributed by atoms with Crippen LogP contribution >= 0.6 is 0 Å². The molecule has 2 aromatic heterocycles. The van der Waals surface area contributed by atoms with Gasteiger partial charge >= 0.3 is 5.97 Å². The molecular weight excluding hydrogens is 454 g/mol. The van der Waals surface area contributed by atoms with Gasteiger partial charge in [-0.25, -0.2) is 9.78 Å². The van der Waals surface area contributed by atoms with Crippen molar-refractivity contribution in [3.8, 4) is 0 Å². The number of aromatic nitrogens is 2. The number of hydrogen-bond acceptors (Lipinski definition) is 8. The molecule has 4 rings (SSSR count). The average Bonchev–Trinajstić information content (AvgIpc) is 2.84. The lowest BCUT2D eigenvalue weighted by Gasteiger charge is -2.36. The number of anilines is 3. The molecule has 36 heavy (non-hydrogen) atoms. The van der Waals surface area contributed by atoms with E-state index in [4.69, 9.17) is 14.9 Å². The van der Waals surface area contributed by atoms with Crippen molar-refractivity contribution in [3.63, 3.8) is 0 Å². The number of hydrogen-bond donors (Lipinski definition) is 2. The highest BCUT2D eigenvalue weighted by Crippen LogP contribution is 2.38. The van der Waals surface area contributed by atoms with Crippen LogP contribution in [0.5, 0.6) is 0 Å². The van der Waals surface area contributed by atoms with Gasteiger partial charge in [0.1, 0.15) is 5.82 Å². The number of carbonyl (C=O) groups excluding carboxylic acids is 1. The molecule has 1 saturated heterocycles. The lowest BCUT2D eigenvalue weighted by atomic mass is 9.79. The summed E-state index contributed by atoms with van der Waals surface area (Å²) < 4.78 is 10.7. The zero-order valence-electron chi connectivity index (χ0n) is 22.4. The van der Waals surface area contributed by atoms with Gasteiger partial charge in [0.25, 0.3) is 0 Å². The first kappa shape index (κ1) is 27.6. The maximum absolute atomic E-state index is 12.7. The van der Waals surface area contributed by atoms with E-state index in [0.29, 0.717) is 17.4 Å². The molecule has 1 aliphatic carbocycles. The number of nitrogens with one attached hydrogen (secondary N) is 2. The number of aryl methyl sites for hydroxylation is 1. The maximum atomic E-state index is 12.7. The molecule has 8 heteroatoms. The van der Waals surface area contributed by atoms with E-state index < -0.39 is 5.97 Å². The predicted octanol–water partition coefficient (Wildman–Crippen LogP) is 5.76. The van der Waals surface area contributed by atoms with Crippen molar-refractivity contribution in [1.82, 2.24) is 9.97 Å². The van der Waals surface area contributed by atoms with Gasteiger partial charge in [-0.05, 0) is 63.6 Å². The van der Waals surface area contributed by atoms with Gasteiger partial charge in [-0.15, -0.1) is 0 Å². The van der Waals surface area contributed by atoms with Crippen molar-refractivity contribution < 1.29 is 14.3 Å². The number of carbonyl (C=O) groups is 1. The van der Waals surface area contributed by atoms with Crippen molar-refractivity contribution in [3.05, 3.63) is 41.3 Å². The summed E-state index contributed by atoms with van der Waals surface area (Å²) in [5.74, 6) is 0.829. The Hall–Kier alpha value is -3.00. The standard InChI is InChI=1S/C26H35N5O3.C2H6/c1-4-34-26(32)21-15-22(31-12-9-18(10-13-31)16-33-3)23(24(27)19-6-5-7-19)25(30-21)29-20-8-11-28-17(2)14-20;1-2/h8,11,14-15,18-19,27H,4-7,9-10,12-13,16H2,1-3H3,(H,28,29,30);1-2H3. The lowest BCUT2D eigenvalue weighted by Crippen LogP contribution is -2.37. The zero-order valence-corrected chi connectivity index (χ0v) is 22.4. The Kier molecular flexibility index (Phi) is 10.2. The van der Waals surface area contributed by atoms with Crippen LogP contribution in [0.2, 0.25) is 0 Å². The Morgan fingerprint density at radius 2 is 1.92 bits per heavy atom. The summed E-state index contributed by atoms with van der Waals surface area (Å²) in [4.78, 5) is 24.0. The number of methoxy groups -OCH3 is 1. The minimum Gasteiger partial charge on any atom is -0.461 e. The summed E-state index contributed by atoms with van der Waals surface area (Å²) in [5, 5.41) is 12.5. The molecule has 0 atom stereocenters. The Balaban J connectivity index is 0.00000176. The Labute approximate surface area is 215 Å². The molecule has 2 N–H and O–H groups in total. The van der Waals surface area contributed by atoms with Crippen LogP contribution in [0.3, 0.4) is 0 Å². The van der Waals surface area contributed by atoms with Crippen LogP contribution in [-0.4, -0.2) is 55.1 Å². The van der Waals surface area contributed by atoms with Gasteiger partial charge in [-0.1, -0.05) is 20.3 Å². The highest BCUT2D eigenvalue weighted by atomic mass is 16.5. The normalized spacial score (nSPS) is 16.0. The molecule has 2 aromatic rings. The summed E-state index contributed by atoms with van der Waals surface area (Å²) in [6.07, 6.45) is 6.93. The molecule has 0 spiro atoms. The fourth-order valence-corrected chi connectivity index (χ4v) is 4.68.